The van der Waals surface area contributed by atoms with Crippen molar-refractivity contribution in [2.24, 2.45) is 0 Å². The van der Waals surface area contributed by atoms with Crippen molar-refractivity contribution in [3.63, 3.8) is 0 Å². The predicted octanol–water partition coefficient (Wildman–Crippen LogP) is 2.06. The normalized spacial score (nSPS) is 14.9. The quantitative estimate of drug-likeness (QED) is 0.648. The van der Waals surface area contributed by atoms with Crippen molar-refractivity contribution in [3.8, 4) is 10.6 Å². The van der Waals surface area contributed by atoms with Gasteiger partial charge in [0.05, 0.1) is 21.8 Å². The maximum atomic E-state index is 13.6. The summed E-state index contributed by atoms with van der Waals surface area (Å²) < 4.78 is 40.8. The molecule has 24 heavy (non-hydrogen) atoms. The van der Waals surface area contributed by atoms with Crippen LogP contribution in [0.2, 0.25) is 0 Å². The van der Waals surface area contributed by atoms with Crippen molar-refractivity contribution in [3.05, 3.63) is 34.0 Å². The second kappa shape index (κ2) is 5.45. The molecule has 4 rings (SSSR count). The van der Waals surface area contributed by atoms with Crippen LogP contribution in [-0.4, -0.2) is 23.9 Å². The van der Waals surface area contributed by atoms with Crippen LogP contribution in [0.1, 0.15) is 10.4 Å². The van der Waals surface area contributed by atoms with Crippen LogP contribution in [-0.2, 0) is 6.18 Å². The summed E-state index contributed by atoms with van der Waals surface area (Å²) in [6.07, 6.45) is -4.50. The van der Waals surface area contributed by atoms with E-state index in [1.54, 1.807) is 12.1 Å². The molecule has 9 heteroatoms. The first kappa shape index (κ1) is 15.4. The van der Waals surface area contributed by atoms with Crippen LogP contribution in [0.25, 0.3) is 20.8 Å². The molecule has 1 aliphatic heterocycles. The lowest BCUT2D eigenvalue weighted by molar-refractivity contribution is -0.443. The molecular weight excluding hydrogens is 357 g/mol. The average molecular weight is 369 g/mol. The Hall–Kier alpha value is -2.13. The molecule has 0 bridgehead atoms. The van der Waals surface area contributed by atoms with Crippen LogP contribution in [0, 0.1) is 0 Å². The number of aromatic nitrogens is 1. The van der Waals surface area contributed by atoms with E-state index in [2.05, 4.69) is 15.3 Å². The number of pyridine rings is 1. The fourth-order valence-electron chi connectivity index (χ4n) is 2.68. The standard InChI is InChI=1S/C15H11F3N4S2/c16-15(17,18)7-6-8(9-2-1-5-23-9)22-14-10(7)11(19)12(24-14)13-20-3-4-21-13/h1-2,5-6H,3-4,19H2,(H,20,21)/p+1. The Labute approximate surface area is 142 Å². The third-order valence-corrected chi connectivity index (χ3v) is 5.74. The van der Waals surface area contributed by atoms with E-state index >= 15 is 0 Å². The molecule has 4 N–H and O–H groups in total. The minimum Gasteiger partial charge on any atom is -0.397 e. The molecule has 0 saturated carbocycles. The zero-order chi connectivity index (χ0) is 16.9. The Bertz CT molecular complexity index is 942. The number of nitrogens with two attached hydrogens (primary N) is 1. The van der Waals surface area contributed by atoms with E-state index in [4.69, 9.17) is 5.73 Å². The van der Waals surface area contributed by atoms with E-state index in [9.17, 15) is 13.2 Å². The molecule has 1 aliphatic rings. The van der Waals surface area contributed by atoms with Crippen LogP contribution < -0.4 is 16.0 Å². The van der Waals surface area contributed by atoms with E-state index in [0.29, 0.717) is 39.2 Å². The molecule has 3 aromatic heterocycles. The van der Waals surface area contributed by atoms with Crippen molar-refractivity contribution in [1.82, 2.24) is 10.3 Å². The lowest BCUT2D eigenvalue weighted by Crippen LogP contribution is -2.70. The largest absolute Gasteiger partial charge is 0.417 e. The smallest absolute Gasteiger partial charge is 0.397 e. The number of nitrogen functional groups attached to an aromatic ring is 1. The summed E-state index contributed by atoms with van der Waals surface area (Å²) >= 11 is 2.52. The highest BCUT2D eigenvalue weighted by Crippen LogP contribution is 2.43. The van der Waals surface area contributed by atoms with E-state index in [-0.39, 0.29) is 11.1 Å². The van der Waals surface area contributed by atoms with Crippen molar-refractivity contribution in [1.29, 1.82) is 0 Å². The Morgan fingerprint density at radius 3 is 2.79 bits per heavy atom. The summed E-state index contributed by atoms with van der Waals surface area (Å²) in [6.45, 7) is 1.42. The number of rotatable bonds is 2. The highest BCUT2D eigenvalue weighted by atomic mass is 32.1. The molecule has 4 nitrogen and oxygen atoms in total. The van der Waals surface area contributed by atoms with E-state index in [1.165, 1.54) is 22.7 Å². The summed E-state index contributed by atoms with van der Waals surface area (Å²) in [6, 6.07) is 4.63. The van der Waals surface area contributed by atoms with Gasteiger partial charge < -0.3 is 5.73 Å². The molecule has 0 aliphatic carbocycles. The Kier molecular flexibility index (Phi) is 3.50. The molecule has 0 saturated heterocycles. The van der Waals surface area contributed by atoms with Crippen LogP contribution in [0.4, 0.5) is 18.9 Å². The molecule has 0 amide bonds. The summed E-state index contributed by atoms with van der Waals surface area (Å²) in [5.41, 5.74) is 5.75. The number of anilines is 1. The first-order valence-corrected chi connectivity index (χ1v) is 8.84. The van der Waals surface area contributed by atoms with Crippen molar-refractivity contribution >= 4 is 44.4 Å². The second-order valence-electron chi connectivity index (χ2n) is 5.28. The van der Waals surface area contributed by atoms with Gasteiger partial charge in [0.15, 0.2) is 0 Å². The van der Waals surface area contributed by atoms with E-state index in [0.717, 1.165) is 6.07 Å². The Balaban J connectivity index is 2.01. The fourth-order valence-corrected chi connectivity index (χ4v) is 4.48. The van der Waals surface area contributed by atoms with Gasteiger partial charge in [0.2, 0.25) is 0 Å². The number of thiophene rings is 2. The summed E-state index contributed by atoms with van der Waals surface area (Å²) in [5.74, 6) is 0.668. The van der Waals surface area contributed by atoms with E-state index in [1.807, 2.05) is 5.38 Å². The third-order valence-electron chi connectivity index (χ3n) is 3.73. The molecule has 3 aromatic rings. The van der Waals surface area contributed by atoms with Gasteiger partial charge in [0.1, 0.15) is 22.8 Å². The van der Waals surface area contributed by atoms with Crippen LogP contribution in [0.5, 0.6) is 0 Å². The number of amidine groups is 1. The number of nitrogens with zero attached hydrogens (tertiary/aromatic N) is 1. The van der Waals surface area contributed by atoms with Gasteiger partial charge in [-0.2, -0.15) is 13.2 Å². The topological polar surface area (TPSA) is 64.9 Å². The van der Waals surface area contributed by atoms with Crippen LogP contribution in [0.15, 0.2) is 23.6 Å². The van der Waals surface area contributed by atoms with Gasteiger partial charge in [-0.05, 0) is 17.5 Å². The maximum absolute atomic E-state index is 13.6. The lowest BCUT2D eigenvalue weighted by atomic mass is 10.1. The summed E-state index contributed by atoms with van der Waals surface area (Å²) in [4.78, 5) is 9.09. The number of nitrogens with one attached hydrogen (secondary N) is 2. The maximum Gasteiger partial charge on any atom is 0.417 e. The predicted molar refractivity (Wildman–Crippen MR) is 90.3 cm³/mol. The zero-order valence-corrected chi connectivity index (χ0v) is 13.8. The van der Waals surface area contributed by atoms with Gasteiger partial charge >= 0.3 is 6.18 Å². The zero-order valence-electron chi connectivity index (χ0n) is 12.2. The summed E-state index contributed by atoms with van der Waals surface area (Å²) in [7, 11) is 0. The monoisotopic (exact) mass is 369 g/mol. The number of hydrogen-bond donors (Lipinski definition) is 3. The molecule has 0 fully saturated rings. The molecule has 0 spiro atoms. The van der Waals surface area contributed by atoms with E-state index < -0.39 is 11.7 Å². The van der Waals surface area contributed by atoms with Gasteiger partial charge in [0, 0.05) is 5.39 Å². The third kappa shape index (κ3) is 2.44. The Morgan fingerprint density at radius 2 is 2.17 bits per heavy atom. The number of fused-ring (bicyclic) bond motifs is 1. The second-order valence-corrected chi connectivity index (χ2v) is 7.23. The van der Waals surface area contributed by atoms with Crippen LogP contribution in [0.3, 0.4) is 0 Å². The van der Waals surface area contributed by atoms with Crippen molar-refractivity contribution in [2.45, 2.75) is 6.18 Å². The summed E-state index contributed by atoms with van der Waals surface area (Å²) in [5, 5.41) is 4.89. The number of halogens is 3. The van der Waals surface area contributed by atoms with Crippen LogP contribution >= 0.6 is 22.7 Å². The molecule has 0 atom stereocenters. The minimum absolute atomic E-state index is 0.0224. The minimum atomic E-state index is -4.50. The first-order valence-electron chi connectivity index (χ1n) is 7.14. The average Bonchev–Trinajstić information content (AvgIpc) is 3.26. The molecule has 0 unspecified atom stereocenters. The molecular formula is C15H12F3N4S2+. The fraction of sp³-hybridized carbons (Fsp3) is 0.200. The Morgan fingerprint density at radius 1 is 1.33 bits per heavy atom. The van der Waals surface area contributed by atoms with Gasteiger partial charge in [0.25, 0.3) is 5.84 Å². The molecule has 124 valence electrons. The molecule has 0 aromatic carbocycles. The highest BCUT2D eigenvalue weighted by molar-refractivity contribution is 7.21. The first-order chi connectivity index (χ1) is 11.4. The highest BCUT2D eigenvalue weighted by Gasteiger charge is 2.37. The molecule has 0 radical (unpaired) electrons. The van der Waals surface area contributed by atoms with Crippen molar-refractivity contribution in [2.75, 3.05) is 18.8 Å². The van der Waals surface area contributed by atoms with Gasteiger partial charge in [-0.3, -0.25) is 10.3 Å². The van der Waals surface area contributed by atoms with Crippen molar-refractivity contribution < 1.29 is 18.2 Å². The number of hydrogen-bond acceptors (Lipinski definition) is 5. The molecule has 4 heterocycles. The lowest BCUT2D eigenvalue weighted by Gasteiger charge is -2.10. The SMILES string of the molecule is Nc1c(C2=[NH+]CCN2)sc2nc(-c3cccs3)cc(C(F)(F)F)c12. The van der Waals surface area contributed by atoms with Gasteiger partial charge in [-0.15, -0.1) is 22.7 Å². The van der Waals surface area contributed by atoms with Gasteiger partial charge in [-0.1, -0.05) is 6.07 Å². The number of alkyl halides is 3. The van der Waals surface area contributed by atoms with Gasteiger partial charge in [-0.25, -0.2) is 4.98 Å².